The van der Waals surface area contributed by atoms with Crippen LogP contribution in [-0.2, 0) is 11.2 Å². The topological polar surface area (TPSA) is 115 Å². The van der Waals surface area contributed by atoms with Gasteiger partial charge in [-0.1, -0.05) is 0 Å². The van der Waals surface area contributed by atoms with Crippen LogP contribution in [0.1, 0.15) is 103 Å². The van der Waals surface area contributed by atoms with Crippen molar-refractivity contribution in [1.82, 2.24) is 24.7 Å². The monoisotopic (exact) mass is 654 g/mol. The number of nitrogens with one attached hydrogen (secondary N) is 1. The summed E-state index contributed by atoms with van der Waals surface area (Å²) in [6.07, 6.45) is -1.96. The first-order valence-corrected chi connectivity index (χ1v) is 15.3. The van der Waals surface area contributed by atoms with E-state index in [0.29, 0.717) is 5.69 Å². The zero-order valence-electron chi connectivity index (χ0n) is 24.7. The van der Waals surface area contributed by atoms with Gasteiger partial charge in [-0.15, -0.1) is 0 Å². The van der Waals surface area contributed by atoms with Crippen LogP contribution in [0.3, 0.4) is 0 Å². The Bertz CT molecular complexity index is 1620. The van der Waals surface area contributed by atoms with Crippen LogP contribution in [-0.4, -0.2) is 49.2 Å². The number of primary amides is 1. The van der Waals surface area contributed by atoms with Gasteiger partial charge in [0.15, 0.2) is 0 Å². The lowest BCUT2D eigenvalue weighted by Gasteiger charge is -2.34. The Balaban J connectivity index is 1.36. The molecule has 3 fully saturated rings. The fraction of sp³-hybridized carbons (Fsp3) is 0.581. The van der Waals surface area contributed by atoms with Crippen LogP contribution in [0.2, 0.25) is 0 Å². The summed E-state index contributed by atoms with van der Waals surface area (Å²) in [5.41, 5.74) is 5.60. The first-order chi connectivity index (χ1) is 21.6. The Morgan fingerprint density at radius 2 is 1.65 bits per heavy atom. The molecule has 3 N–H and O–H groups in total. The lowest BCUT2D eigenvalue weighted by Crippen LogP contribution is -2.39. The molecule has 3 aliphatic carbocycles. The van der Waals surface area contributed by atoms with Crippen molar-refractivity contribution in [3.63, 3.8) is 0 Å². The normalized spacial score (nSPS) is 21.5. The second-order valence-electron chi connectivity index (χ2n) is 13.0. The van der Waals surface area contributed by atoms with E-state index in [4.69, 9.17) is 5.73 Å². The molecule has 0 bridgehead atoms. The third kappa shape index (κ3) is 7.12. The molecular formula is C31H33F7N6O2. The van der Waals surface area contributed by atoms with E-state index in [9.17, 15) is 40.3 Å². The summed E-state index contributed by atoms with van der Waals surface area (Å²) in [7, 11) is 0. The minimum absolute atomic E-state index is 0.0236. The summed E-state index contributed by atoms with van der Waals surface area (Å²) >= 11 is 0. The van der Waals surface area contributed by atoms with Gasteiger partial charge in [-0.25, -0.2) is 27.5 Å². The standard InChI is InChI=1S/C31H33F7N6O2/c32-29(33)7-3-17(4-8-29)24(25-19(27(39)46)5-9-40-21(25)14-31(36,37)38)22-15-44-10-6-20(41-28(44)42-22)26(18-1-2-18)43-23(45)11-16-12-30(34,35)13-16/h5-6,9-10,15-18,24,26H,1-4,7-8,11-14H2,(H2,39,46)(H,43,45)/t24-,26-/m1/s1. The van der Waals surface area contributed by atoms with Crippen LogP contribution >= 0.6 is 0 Å². The second-order valence-corrected chi connectivity index (χ2v) is 13.0. The number of carbonyl (C=O) groups is 2. The lowest BCUT2D eigenvalue weighted by molar-refractivity contribution is -0.134. The van der Waals surface area contributed by atoms with Crippen molar-refractivity contribution in [3.8, 4) is 0 Å². The molecule has 0 unspecified atom stereocenters. The highest BCUT2D eigenvalue weighted by atomic mass is 19.4. The van der Waals surface area contributed by atoms with E-state index in [1.807, 2.05) is 0 Å². The fourth-order valence-corrected chi connectivity index (χ4v) is 6.94. The molecule has 3 heterocycles. The number of imidazole rings is 1. The molecule has 2 amide bonds. The number of nitrogens with two attached hydrogens (primary N) is 1. The molecule has 0 aliphatic heterocycles. The summed E-state index contributed by atoms with van der Waals surface area (Å²) in [5.74, 6) is -8.76. The lowest BCUT2D eigenvalue weighted by atomic mass is 9.72. The van der Waals surface area contributed by atoms with E-state index in [0.717, 1.165) is 19.0 Å². The number of carbonyl (C=O) groups excluding carboxylic acids is 2. The molecule has 6 rings (SSSR count). The highest BCUT2D eigenvalue weighted by molar-refractivity contribution is 5.95. The molecule has 0 radical (unpaired) electrons. The van der Waals surface area contributed by atoms with Crippen LogP contribution in [0.5, 0.6) is 0 Å². The van der Waals surface area contributed by atoms with E-state index in [-0.39, 0.29) is 66.5 Å². The van der Waals surface area contributed by atoms with Crippen LogP contribution in [0, 0.1) is 17.8 Å². The molecule has 3 aromatic heterocycles. The Labute approximate surface area is 259 Å². The van der Waals surface area contributed by atoms with Gasteiger partial charge in [0.1, 0.15) is 0 Å². The molecule has 0 aromatic carbocycles. The number of aromatic nitrogens is 4. The summed E-state index contributed by atoms with van der Waals surface area (Å²) in [5, 5.41) is 2.93. The average molecular weight is 655 g/mol. The maximum atomic E-state index is 14.2. The summed E-state index contributed by atoms with van der Waals surface area (Å²) < 4.78 is 97.6. The van der Waals surface area contributed by atoms with Gasteiger partial charge in [-0.2, -0.15) is 13.2 Å². The number of hydrogen-bond acceptors (Lipinski definition) is 5. The molecule has 3 aromatic rings. The van der Waals surface area contributed by atoms with Gasteiger partial charge in [0, 0.05) is 62.2 Å². The third-order valence-electron chi connectivity index (χ3n) is 9.31. The van der Waals surface area contributed by atoms with Gasteiger partial charge < -0.3 is 11.1 Å². The van der Waals surface area contributed by atoms with E-state index >= 15 is 0 Å². The predicted molar refractivity (Wildman–Crippen MR) is 150 cm³/mol. The molecule has 46 heavy (non-hydrogen) atoms. The average Bonchev–Trinajstić information content (AvgIpc) is 3.69. The van der Waals surface area contributed by atoms with Gasteiger partial charge in [0.2, 0.25) is 29.4 Å². The van der Waals surface area contributed by atoms with Crippen molar-refractivity contribution in [1.29, 1.82) is 0 Å². The molecule has 15 heteroatoms. The van der Waals surface area contributed by atoms with Crippen molar-refractivity contribution in [2.75, 3.05) is 0 Å². The number of halogens is 7. The molecule has 8 nitrogen and oxygen atoms in total. The van der Waals surface area contributed by atoms with Crippen LogP contribution in [0.25, 0.3) is 5.78 Å². The Morgan fingerprint density at radius 1 is 0.978 bits per heavy atom. The van der Waals surface area contributed by atoms with E-state index in [2.05, 4.69) is 20.3 Å². The fourth-order valence-electron chi connectivity index (χ4n) is 6.94. The smallest absolute Gasteiger partial charge is 0.366 e. The van der Waals surface area contributed by atoms with Gasteiger partial charge in [0.05, 0.1) is 29.5 Å². The number of hydrogen-bond donors (Lipinski definition) is 2. The first kappa shape index (κ1) is 32.2. The van der Waals surface area contributed by atoms with E-state index < -0.39 is 72.7 Å². The van der Waals surface area contributed by atoms with Crippen LogP contribution < -0.4 is 11.1 Å². The van der Waals surface area contributed by atoms with Crippen molar-refractivity contribution < 1.29 is 40.3 Å². The minimum atomic E-state index is -4.68. The number of nitrogens with zero attached hydrogens (tertiary/aromatic N) is 4. The zero-order valence-corrected chi connectivity index (χ0v) is 24.7. The highest BCUT2D eigenvalue weighted by Gasteiger charge is 2.46. The molecule has 0 saturated heterocycles. The minimum Gasteiger partial charge on any atom is -0.366 e. The molecule has 0 spiro atoms. The summed E-state index contributed by atoms with van der Waals surface area (Å²) in [6, 6.07) is 2.40. The maximum Gasteiger partial charge on any atom is 0.394 e. The van der Waals surface area contributed by atoms with Crippen molar-refractivity contribution >= 4 is 17.6 Å². The third-order valence-corrected chi connectivity index (χ3v) is 9.31. The van der Waals surface area contributed by atoms with Crippen LogP contribution in [0.4, 0.5) is 30.7 Å². The predicted octanol–water partition coefficient (Wildman–Crippen LogP) is 6.29. The first-order valence-electron chi connectivity index (χ1n) is 15.3. The maximum absolute atomic E-state index is 14.2. The van der Waals surface area contributed by atoms with Gasteiger partial charge in [-0.3, -0.25) is 19.0 Å². The summed E-state index contributed by atoms with van der Waals surface area (Å²) in [6.45, 7) is 0. The molecular weight excluding hydrogens is 621 g/mol. The van der Waals surface area contributed by atoms with Crippen molar-refractivity contribution in [3.05, 3.63) is 58.9 Å². The number of amides is 2. The highest BCUT2D eigenvalue weighted by Crippen LogP contribution is 2.47. The number of alkyl halides is 7. The van der Waals surface area contributed by atoms with Crippen LogP contribution in [0.15, 0.2) is 30.7 Å². The van der Waals surface area contributed by atoms with Crippen molar-refractivity contribution in [2.24, 2.45) is 23.5 Å². The Hall–Kier alpha value is -3.78. The Morgan fingerprint density at radius 3 is 2.26 bits per heavy atom. The number of fused-ring (bicyclic) bond motifs is 1. The van der Waals surface area contributed by atoms with Gasteiger partial charge in [-0.05, 0) is 61.1 Å². The molecule has 2 atom stereocenters. The van der Waals surface area contributed by atoms with E-state index in [1.54, 1.807) is 18.5 Å². The van der Waals surface area contributed by atoms with Gasteiger partial charge >= 0.3 is 6.18 Å². The molecule has 3 saturated carbocycles. The largest absolute Gasteiger partial charge is 0.394 e. The SMILES string of the molecule is NC(=O)c1ccnc(CC(F)(F)F)c1[C@@H](c1cn2ccc([C@H](NC(=O)CC3CC(F)(F)C3)C3CC3)nc2n1)C1CCC(F)(F)CC1. The number of pyridine rings is 1. The molecule has 3 aliphatic rings. The second kappa shape index (κ2) is 11.8. The summed E-state index contributed by atoms with van der Waals surface area (Å²) in [4.78, 5) is 38.5. The Kier molecular flexibility index (Phi) is 8.24. The van der Waals surface area contributed by atoms with Gasteiger partial charge in [0.25, 0.3) is 0 Å². The number of rotatable bonds is 10. The molecule has 248 valence electrons. The zero-order chi connectivity index (χ0) is 33.0. The van der Waals surface area contributed by atoms with E-state index in [1.165, 1.54) is 10.5 Å². The van der Waals surface area contributed by atoms with Crippen molar-refractivity contribution in [2.45, 2.75) is 94.2 Å². The quantitative estimate of drug-likeness (QED) is 0.250.